The summed E-state index contributed by atoms with van der Waals surface area (Å²) < 4.78 is 18.9. The lowest BCUT2D eigenvalue weighted by atomic mass is 10.1. The third-order valence-corrected chi connectivity index (χ3v) is 5.81. The van der Waals surface area contributed by atoms with Crippen LogP contribution in [-0.2, 0) is 29.5 Å². The van der Waals surface area contributed by atoms with Crippen LogP contribution in [0.3, 0.4) is 0 Å². The molecule has 2 rings (SSSR count). The maximum atomic E-state index is 12.4. The van der Waals surface area contributed by atoms with Crippen molar-refractivity contribution in [1.29, 1.82) is 0 Å². The first-order chi connectivity index (χ1) is 17.3. The quantitative estimate of drug-likeness (QED) is 0.237. The van der Waals surface area contributed by atoms with Crippen LogP contribution in [0.1, 0.15) is 77.7 Å². The molecule has 200 valence electrons. The first kappa shape index (κ1) is 29.1. The molecule has 0 aliphatic carbocycles. The van der Waals surface area contributed by atoms with Crippen molar-refractivity contribution in [2.24, 2.45) is 7.05 Å². The molecule has 9 heteroatoms. The summed E-state index contributed by atoms with van der Waals surface area (Å²) in [7, 11) is 1.46. The van der Waals surface area contributed by atoms with Crippen molar-refractivity contribution < 1.29 is 19.0 Å². The molecule has 36 heavy (non-hydrogen) atoms. The Balaban J connectivity index is 1.76. The fraction of sp³-hybridized carbons (Fsp3) is 0.630. The minimum atomic E-state index is -0.503. The number of rotatable bonds is 17. The summed E-state index contributed by atoms with van der Waals surface area (Å²) in [6.45, 7) is 6.84. The van der Waals surface area contributed by atoms with E-state index in [9.17, 15) is 14.4 Å². The standard InChI is InChI=1S/C27H41N3O6/c1-5-7-8-9-11-18-30-27(33)29(4)26(32)25(28-30)34-19-12-10-13-22-14-16-23(17-15-22)36-21(3)20-35-24(31)6-2/h14-17,21H,5-13,18-20H2,1-4H3. The number of ether oxygens (including phenoxy) is 3. The van der Waals surface area contributed by atoms with Gasteiger partial charge in [0.1, 0.15) is 18.5 Å². The van der Waals surface area contributed by atoms with Crippen molar-refractivity contribution in [3.8, 4) is 11.6 Å². The molecule has 2 aromatic rings. The topological polar surface area (TPSA) is 102 Å². The Hall–Kier alpha value is -3.10. The monoisotopic (exact) mass is 503 g/mol. The van der Waals surface area contributed by atoms with E-state index < -0.39 is 11.2 Å². The number of unbranched alkanes of at least 4 members (excludes halogenated alkanes) is 5. The van der Waals surface area contributed by atoms with Gasteiger partial charge < -0.3 is 14.2 Å². The van der Waals surface area contributed by atoms with Crippen LogP contribution >= 0.6 is 0 Å². The van der Waals surface area contributed by atoms with Gasteiger partial charge in [-0.1, -0.05) is 51.7 Å². The van der Waals surface area contributed by atoms with Gasteiger partial charge in [-0.2, -0.15) is 0 Å². The number of hydrogen-bond acceptors (Lipinski definition) is 7. The summed E-state index contributed by atoms with van der Waals surface area (Å²) >= 11 is 0. The van der Waals surface area contributed by atoms with Gasteiger partial charge in [-0.05, 0) is 50.3 Å². The predicted octanol–water partition coefficient (Wildman–Crippen LogP) is 4.03. The molecule has 0 amide bonds. The second-order valence-electron chi connectivity index (χ2n) is 9.00. The third-order valence-electron chi connectivity index (χ3n) is 5.81. The SMILES string of the molecule is CCCCCCCn1nc(OCCCCc2ccc(OC(C)COC(=O)CC)cc2)c(=O)n(C)c1=O. The summed E-state index contributed by atoms with van der Waals surface area (Å²) in [6, 6.07) is 7.83. The maximum absolute atomic E-state index is 12.4. The highest BCUT2D eigenvalue weighted by Crippen LogP contribution is 2.16. The van der Waals surface area contributed by atoms with E-state index in [0.717, 1.165) is 60.8 Å². The zero-order chi connectivity index (χ0) is 26.3. The molecule has 1 heterocycles. The lowest BCUT2D eigenvalue weighted by Gasteiger charge is -2.15. The Morgan fingerprint density at radius 1 is 1.00 bits per heavy atom. The van der Waals surface area contributed by atoms with E-state index in [2.05, 4.69) is 12.0 Å². The fourth-order valence-electron chi connectivity index (χ4n) is 3.61. The van der Waals surface area contributed by atoms with Crippen LogP contribution in [0.2, 0.25) is 0 Å². The Kier molecular flexibility index (Phi) is 12.8. The van der Waals surface area contributed by atoms with Crippen molar-refractivity contribution >= 4 is 5.97 Å². The van der Waals surface area contributed by atoms with E-state index in [1.807, 2.05) is 31.2 Å². The maximum Gasteiger partial charge on any atom is 0.347 e. The number of esters is 1. The van der Waals surface area contributed by atoms with Crippen molar-refractivity contribution in [3.63, 3.8) is 0 Å². The molecule has 0 saturated heterocycles. The number of carbonyl (C=O) groups is 1. The highest BCUT2D eigenvalue weighted by atomic mass is 16.6. The van der Waals surface area contributed by atoms with Gasteiger partial charge in [0.25, 0.3) is 5.88 Å². The van der Waals surface area contributed by atoms with Gasteiger partial charge in [-0.3, -0.25) is 14.2 Å². The second kappa shape index (κ2) is 15.8. The molecule has 0 aliphatic rings. The van der Waals surface area contributed by atoms with Crippen LogP contribution in [0.4, 0.5) is 0 Å². The van der Waals surface area contributed by atoms with Gasteiger partial charge in [0.15, 0.2) is 0 Å². The Bertz CT molecular complexity index is 1040. The highest BCUT2D eigenvalue weighted by molar-refractivity contribution is 5.68. The van der Waals surface area contributed by atoms with E-state index in [1.165, 1.54) is 18.2 Å². The number of benzene rings is 1. The molecule has 0 bridgehead atoms. The molecule has 0 aliphatic heterocycles. The molecule has 0 N–H and O–H groups in total. The Morgan fingerprint density at radius 3 is 2.42 bits per heavy atom. The first-order valence-corrected chi connectivity index (χ1v) is 13.1. The third kappa shape index (κ3) is 9.87. The summed E-state index contributed by atoms with van der Waals surface area (Å²) in [5.41, 5.74) is 0.251. The molecular formula is C27H41N3O6. The van der Waals surface area contributed by atoms with Gasteiger partial charge >= 0.3 is 17.2 Å². The molecular weight excluding hydrogens is 462 g/mol. The van der Waals surface area contributed by atoms with Crippen molar-refractivity contribution in [2.75, 3.05) is 13.2 Å². The van der Waals surface area contributed by atoms with E-state index in [1.54, 1.807) is 6.92 Å². The number of aromatic nitrogens is 3. The van der Waals surface area contributed by atoms with Crippen LogP contribution in [0.5, 0.6) is 11.6 Å². The number of nitrogens with zero attached hydrogens (tertiary/aromatic N) is 3. The smallest absolute Gasteiger partial charge is 0.347 e. The zero-order valence-electron chi connectivity index (χ0n) is 22.2. The largest absolute Gasteiger partial charge is 0.487 e. The van der Waals surface area contributed by atoms with Crippen molar-refractivity contribution in [1.82, 2.24) is 14.3 Å². The minimum absolute atomic E-state index is 0.0223. The molecule has 1 atom stereocenters. The zero-order valence-corrected chi connectivity index (χ0v) is 22.2. The highest BCUT2D eigenvalue weighted by Gasteiger charge is 2.12. The Labute approximate surface area is 213 Å². The summed E-state index contributed by atoms with van der Waals surface area (Å²) in [5, 5.41) is 4.17. The fourth-order valence-corrected chi connectivity index (χ4v) is 3.61. The molecule has 1 aromatic carbocycles. The van der Waals surface area contributed by atoms with Gasteiger partial charge in [0.2, 0.25) is 0 Å². The molecule has 1 unspecified atom stereocenters. The predicted molar refractivity (Wildman–Crippen MR) is 139 cm³/mol. The van der Waals surface area contributed by atoms with Gasteiger partial charge in [-0.25, -0.2) is 9.48 Å². The number of hydrogen-bond donors (Lipinski definition) is 0. The first-order valence-electron chi connectivity index (χ1n) is 13.1. The van der Waals surface area contributed by atoms with Crippen molar-refractivity contribution in [2.45, 2.75) is 91.2 Å². The summed E-state index contributed by atoms with van der Waals surface area (Å²) in [6.07, 6.45) is 7.96. The van der Waals surface area contributed by atoms with Crippen LogP contribution in [0, 0.1) is 0 Å². The summed E-state index contributed by atoms with van der Waals surface area (Å²) in [5.74, 6) is 0.468. The van der Waals surface area contributed by atoms with Crippen molar-refractivity contribution in [3.05, 3.63) is 50.7 Å². The van der Waals surface area contributed by atoms with Gasteiger partial charge in [-0.15, -0.1) is 5.10 Å². The van der Waals surface area contributed by atoms with E-state index in [0.29, 0.717) is 19.6 Å². The van der Waals surface area contributed by atoms with Crippen LogP contribution in [0.25, 0.3) is 0 Å². The van der Waals surface area contributed by atoms with E-state index in [4.69, 9.17) is 14.2 Å². The molecule has 0 radical (unpaired) electrons. The normalized spacial score (nSPS) is 11.8. The Morgan fingerprint density at radius 2 is 1.72 bits per heavy atom. The van der Waals surface area contributed by atoms with Crippen LogP contribution < -0.4 is 20.7 Å². The molecule has 0 fully saturated rings. The molecule has 0 saturated carbocycles. The minimum Gasteiger partial charge on any atom is -0.487 e. The molecule has 0 spiro atoms. The lowest BCUT2D eigenvalue weighted by Crippen LogP contribution is -2.40. The molecule has 1 aromatic heterocycles. The molecule has 9 nitrogen and oxygen atoms in total. The van der Waals surface area contributed by atoms with E-state index >= 15 is 0 Å². The number of carbonyl (C=O) groups excluding carboxylic acids is 1. The van der Waals surface area contributed by atoms with Gasteiger partial charge in [0, 0.05) is 20.0 Å². The van der Waals surface area contributed by atoms with E-state index in [-0.39, 0.29) is 24.6 Å². The van der Waals surface area contributed by atoms with Gasteiger partial charge in [0.05, 0.1) is 6.61 Å². The average molecular weight is 504 g/mol. The second-order valence-corrected chi connectivity index (χ2v) is 9.00. The number of aryl methyl sites for hydroxylation is 2. The van der Waals surface area contributed by atoms with Crippen LogP contribution in [-0.4, -0.2) is 39.6 Å². The lowest BCUT2D eigenvalue weighted by molar-refractivity contribution is -0.145. The van der Waals surface area contributed by atoms with Crippen LogP contribution in [0.15, 0.2) is 33.9 Å². The summed E-state index contributed by atoms with van der Waals surface area (Å²) in [4.78, 5) is 35.9. The average Bonchev–Trinajstić information content (AvgIpc) is 2.88.